The van der Waals surface area contributed by atoms with Crippen molar-refractivity contribution < 1.29 is 23.8 Å². The summed E-state index contributed by atoms with van der Waals surface area (Å²) in [6.07, 6.45) is 2.44. The Labute approximate surface area is 136 Å². The van der Waals surface area contributed by atoms with E-state index in [-0.39, 0.29) is 24.5 Å². The number of likely N-dealkylation sites (tertiary alicyclic amines) is 1. The normalized spacial score (nSPS) is 21.3. The van der Waals surface area contributed by atoms with Gasteiger partial charge in [-0.1, -0.05) is 6.07 Å². The lowest BCUT2D eigenvalue weighted by Gasteiger charge is -2.41. The van der Waals surface area contributed by atoms with E-state index in [1.54, 1.807) is 18.1 Å². The van der Waals surface area contributed by atoms with E-state index in [0.29, 0.717) is 31.9 Å². The van der Waals surface area contributed by atoms with Gasteiger partial charge in [0.15, 0.2) is 6.61 Å². The standard InChI is InChI=1S/C17H24FNO4/c1-22-9-7-17(13-20)6-3-8-19(12-17)16(21)11-23-15-5-2-4-14(18)10-15/h2,4-5,10,20H,3,6-9,11-13H2,1H3. The Hall–Kier alpha value is -1.66. The van der Waals surface area contributed by atoms with E-state index in [1.165, 1.54) is 18.2 Å². The SMILES string of the molecule is COCCC1(CO)CCCN(C(=O)COc2cccc(F)c2)C1. The smallest absolute Gasteiger partial charge is 0.260 e. The number of carbonyl (C=O) groups excluding carboxylic acids is 1. The summed E-state index contributed by atoms with van der Waals surface area (Å²) in [5, 5.41) is 9.74. The summed E-state index contributed by atoms with van der Waals surface area (Å²) in [7, 11) is 1.63. The molecule has 2 rings (SSSR count). The topological polar surface area (TPSA) is 59.0 Å². The van der Waals surface area contributed by atoms with Crippen LogP contribution in [0.1, 0.15) is 19.3 Å². The molecule has 0 radical (unpaired) electrons. The Morgan fingerprint density at radius 3 is 3.00 bits per heavy atom. The summed E-state index contributed by atoms with van der Waals surface area (Å²) >= 11 is 0. The van der Waals surface area contributed by atoms with Gasteiger partial charge in [-0.05, 0) is 31.4 Å². The highest BCUT2D eigenvalue weighted by atomic mass is 19.1. The molecule has 0 bridgehead atoms. The number of hydrogen-bond acceptors (Lipinski definition) is 4. The highest BCUT2D eigenvalue weighted by molar-refractivity contribution is 5.78. The number of rotatable bonds is 7. The number of hydrogen-bond donors (Lipinski definition) is 1. The van der Waals surface area contributed by atoms with Crippen molar-refractivity contribution in [3.05, 3.63) is 30.1 Å². The maximum atomic E-state index is 13.1. The quantitative estimate of drug-likeness (QED) is 0.831. The van der Waals surface area contributed by atoms with Crippen LogP contribution >= 0.6 is 0 Å². The van der Waals surface area contributed by atoms with Crippen molar-refractivity contribution in [1.82, 2.24) is 4.90 Å². The number of piperidine rings is 1. The number of benzene rings is 1. The molecule has 0 aliphatic carbocycles. The average molecular weight is 325 g/mol. The summed E-state index contributed by atoms with van der Waals surface area (Å²) in [6.45, 7) is 1.61. The molecular weight excluding hydrogens is 301 g/mol. The Kier molecular flexibility index (Phi) is 6.36. The molecule has 1 aromatic rings. The molecular formula is C17H24FNO4. The molecule has 0 aromatic heterocycles. The van der Waals surface area contributed by atoms with Crippen LogP contribution in [0.25, 0.3) is 0 Å². The molecule has 1 fully saturated rings. The summed E-state index contributed by atoms with van der Waals surface area (Å²) in [5.41, 5.74) is -0.303. The molecule has 1 aromatic carbocycles. The van der Waals surface area contributed by atoms with E-state index >= 15 is 0 Å². The zero-order chi connectivity index (χ0) is 16.7. The molecule has 0 spiro atoms. The van der Waals surface area contributed by atoms with Gasteiger partial charge in [-0.3, -0.25) is 4.79 Å². The van der Waals surface area contributed by atoms with E-state index < -0.39 is 5.82 Å². The van der Waals surface area contributed by atoms with Crippen molar-refractivity contribution in [3.8, 4) is 5.75 Å². The van der Waals surface area contributed by atoms with E-state index in [0.717, 1.165) is 12.8 Å². The first kappa shape index (κ1) is 17.7. The number of aliphatic hydroxyl groups excluding tert-OH is 1. The van der Waals surface area contributed by atoms with Gasteiger partial charge in [0.25, 0.3) is 5.91 Å². The van der Waals surface area contributed by atoms with Gasteiger partial charge in [0.05, 0.1) is 6.61 Å². The molecule has 1 saturated heterocycles. The van der Waals surface area contributed by atoms with Crippen LogP contribution < -0.4 is 4.74 Å². The maximum Gasteiger partial charge on any atom is 0.260 e. The van der Waals surface area contributed by atoms with Gasteiger partial charge in [-0.15, -0.1) is 0 Å². The number of aliphatic hydroxyl groups is 1. The molecule has 1 atom stereocenters. The molecule has 1 unspecified atom stereocenters. The van der Waals surface area contributed by atoms with E-state index in [2.05, 4.69) is 0 Å². The lowest BCUT2D eigenvalue weighted by atomic mass is 9.78. The lowest BCUT2D eigenvalue weighted by molar-refractivity contribution is -0.138. The maximum absolute atomic E-state index is 13.1. The molecule has 1 heterocycles. The minimum Gasteiger partial charge on any atom is -0.484 e. The molecule has 1 N–H and O–H groups in total. The van der Waals surface area contributed by atoms with Crippen molar-refractivity contribution in [2.24, 2.45) is 5.41 Å². The third-order valence-corrected chi connectivity index (χ3v) is 4.34. The van der Waals surface area contributed by atoms with Crippen LogP contribution in [0, 0.1) is 11.2 Å². The van der Waals surface area contributed by atoms with Crippen LogP contribution in [-0.4, -0.2) is 55.9 Å². The molecule has 23 heavy (non-hydrogen) atoms. The van der Waals surface area contributed by atoms with Gasteiger partial charge in [0.1, 0.15) is 11.6 Å². The number of methoxy groups -OCH3 is 1. The molecule has 0 saturated carbocycles. The van der Waals surface area contributed by atoms with Gasteiger partial charge in [0, 0.05) is 38.3 Å². The number of halogens is 1. The third kappa shape index (κ3) is 4.91. The van der Waals surface area contributed by atoms with Crippen LogP contribution in [0.3, 0.4) is 0 Å². The van der Waals surface area contributed by atoms with E-state index in [9.17, 15) is 14.3 Å². The molecule has 5 nitrogen and oxygen atoms in total. The molecule has 6 heteroatoms. The minimum absolute atomic E-state index is 0.0326. The lowest BCUT2D eigenvalue weighted by Crippen LogP contribution is -2.49. The number of carbonyl (C=O) groups is 1. The van der Waals surface area contributed by atoms with E-state index in [4.69, 9.17) is 9.47 Å². The average Bonchev–Trinajstić information content (AvgIpc) is 2.58. The first-order valence-corrected chi connectivity index (χ1v) is 7.84. The second-order valence-corrected chi connectivity index (χ2v) is 6.07. The fourth-order valence-electron chi connectivity index (χ4n) is 2.94. The fraction of sp³-hybridized carbons (Fsp3) is 0.588. The predicted octanol–water partition coefficient (Wildman–Crippen LogP) is 1.84. The van der Waals surface area contributed by atoms with Crippen molar-refractivity contribution in [1.29, 1.82) is 0 Å². The van der Waals surface area contributed by atoms with E-state index in [1.807, 2.05) is 0 Å². The monoisotopic (exact) mass is 325 g/mol. The van der Waals surface area contributed by atoms with Crippen LogP contribution in [0.5, 0.6) is 5.75 Å². The van der Waals surface area contributed by atoms with Gasteiger partial charge in [-0.25, -0.2) is 4.39 Å². The number of ether oxygens (including phenoxy) is 2. The largest absolute Gasteiger partial charge is 0.484 e. The van der Waals surface area contributed by atoms with Crippen molar-refractivity contribution in [2.75, 3.05) is 40.0 Å². The van der Waals surface area contributed by atoms with Gasteiger partial charge >= 0.3 is 0 Å². The van der Waals surface area contributed by atoms with Crippen LogP contribution in [0.15, 0.2) is 24.3 Å². The fourth-order valence-corrected chi connectivity index (χ4v) is 2.94. The molecule has 1 amide bonds. The van der Waals surface area contributed by atoms with Crippen LogP contribution in [-0.2, 0) is 9.53 Å². The summed E-state index contributed by atoms with van der Waals surface area (Å²) < 4.78 is 23.6. The second kappa shape index (κ2) is 8.26. The van der Waals surface area contributed by atoms with Crippen LogP contribution in [0.4, 0.5) is 4.39 Å². The third-order valence-electron chi connectivity index (χ3n) is 4.34. The predicted molar refractivity (Wildman–Crippen MR) is 83.7 cm³/mol. The summed E-state index contributed by atoms with van der Waals surface area (Å²) in [5.74, 6) is -0.209. The Balaban J connectivity index is 1.90. The molecule has 1 aliphatic rings. The molecule has 128 valence electrons. The van der Waals surface area contributed by atoms with Crippen molar-refractivity contribution in [2.45, 2.75) is 19.3 Å². The van der Waals surface area contributed by atoms with Crippen molar-refractivity contribution >= 4 is 5.91 Å². The molecule has 1 aliphatic heterocycles. The Morgan fingerprint density at radius 1 is 1.48 bits per heavy atom. The Morgan fingerprint density at radius 2 is 2.30 bits per heavy atom. The van der Waals surface area contributed by atoms with Crippen LogP contribution in [0.2, 0.25) is 0 Å². The zero-order valence-electron chi connectivity index (χ0n) is 13.5. The van der Waals surface area contributed by atoms with Gasteiger partial charge in [0.2, 0.25) is 0 Å². The van der Waals surface area contributed by atoms with Gasteiger partial charge in [-0.2, -0.15) is 0 Å². The zero-order valence-corrected chi connectivity index (χ0v) is 13.5. The summed E-state index contributed by atoms with van der Waals surface area (Å²) in [6, 6.07) is 5.73. The highest BCUT2D eigenvalue weighted by Crippen LogP contribution is 2.33. The first-order valence-electron chi connectivity index (χ1n) is 7.84. The summed E-state index contributed by atoms with van der Waals surface area (Å²) in [4.78, 5) is 14.0. The minimum atomic E-state index is -0.396. The highest BCUT2D eigenvalue weighted by Gasteiger charge is 2.36. The first-order chi connectivity index (χ1) is 11.1. The number of amides is 1. The number of nitrogens with zero attached hydrogens (tertiary/aromatic N) is 1. The Bertz CT molecular complexity index is 525. The second-order valence-electron chi connectivity index (χ2n) is 6.07. The van der Waals surface area contributed by atoms with Crippen molar-refractivity contribution in [3.63, 3.8) is 0 Å². The van der Waals surface area contributed by atoms with Gasteiger partial charge < -0.3 is 19.5 Å².